The number of hydrogen-bond acceptors (Lipinski definition) is 7. The van der Waals surface area contributed by atoms with E-state index in [4.69, 9.17) is 11.6 Å². The topological polar surface area (TPSA) is 141 Å². The van der Waals surface area contributed by atoms with Crippen molar-refractivity contribution in [3.63, 3.8) is 0 Å². The van der Waals surface area contributed by atoms with Gasteiger partial charge < -0.3 is 10.2 Å². The lowest BCUT2D eigenvalue weighted by atomic mass is 10.2. The Morgan fingerprint density at radius 1 is 1.11 bits per heavy atom. The zero-order chi connectivity index (χ0) is 25.3. The van der Waals surface area contributed by atoms with Crippen LogP contribution in [-0.2, 0) is 13.1 Å². The van der Waals surface area contributed by atoms with Gasteiger partial charge in [-0.15, -0.1) is 10.2 Å². The van der Waals surface area contributed by atoms with Crippen molar-refractivity contribution >= 4 is 17.6 Å². The maximum absolute atomic E-state index is 13.0. The van der Waals surface area contributed by atoms with Crippen LogP contribution in [0.15, 0.2) is 53.7 Å². The fourth-order valence-corrected chi connectivity index (χ4v) is 3.29. The summed E-state index contributed by atoms with van der Waals surface area (Å²) in [5.41, 5.74) is -0.815. The molecule has 3 heterocycles. The minimum absolute atomic E-state index is 0.0240. The molecule has 1 atom stereocenters. The van der Waals surface area contributed by atoms with Crippen LogP contribution in [0.1, 0.15) is 16.3 Å². The molecule has 0 aliphatic carbocycles. The van der Waals surface area contributed by atoms with Crippen molar-refractivity contribution in [3.8, 4) is 17.1 Å². The van der Waals surface area contributed by atoms with E-state index in [0.717, 1.165) is 9.36 Å². The molecule has 0 aliphatic heterocycles. The number of aromatic carboxylic acids is 1. The molecule has 0 spiro atoms. The molecule has 1 aromatic carbocycles. The molecule has 11 nitrogen and oxygen atoms in total. The van der Waals surface area contributed by atoms with E-state index < -0.39 is 30.5 Å². The second-order valence-corrected chi connectivity index (χ2v) is 7.66. The molecule has 4 aromatic rings. The van der Waals surface area contributed by atoms with Gasteiger partial charge in [-0.2, -0.15) is 13.2 Å². The van der Waals surface area contributed by atoms with Crippen LogP contribution in [0.2, 0.25) is 5.02 Å². The smallest absolute Gasteiger partial charge is 0.416 e. The summed E-state index contributed by atoms with van der Waals surface area (Å²) in [6.07, 6.45) is -5.26. The lowest BCUT2D eigenvalue weighted by Gasteiger charge is -2.15. The molecule has 0 bridgehead atoms. The van der Waals surface area contributed by atoms with Crippen molar-refractivity contribution in [1.29, 1.82) is 0 Å². The minimum atomic E-state index is -4.95. The molecular weight excluding hydrogens is 495 g/mol. The highest BCUT2D eigenvalue weighted by atomic mass is 35.5. The third-order valence-electron chi connectivity index (χ3n) is 4.82. The Labute approximate surface area is 198 Å². The molecule has 0 amide bonds. The average Bonchev–Trinajstić information content (AvgIpc) is 3.39. The quantitative estimate of drug-likeness (QED) is 0.385. The van der Waals surface area contributed by atoms with Crippen LogP contribution >= 0.6 is 11.6 Å². The van der Waals surface area contributed by atoms with Crippen LogP contribution in [0.25, 0.3) is 17.1 Å². The molecule has 2 N–H and O–H groups in total. The molecule has 0 saturated heterocycles. The number of carboxylic acids is 1. The van der Waals surface area contributed by atoms with Gasteiger partial charge in [-0.25, -0.2) is 28.9 Å². The molecule has 0 aliphatic rings. The first-order chi connectivity index (χ1) is 16.5. The van der Waals surface area contributed by atoms with Gasteiger partial charge in [0.2, 0.25) is 0 Å². The standard InChI is InChI=1S/C20H15ClF3N7O4/c21-12-5-3-11(4-6-12)17-28-30(19(35)29(17)8-14(32)20(22,23)24)9-15-26-10-31(27-15)13-2-1-7-25-16(13)18(33)34/h1-7,10,14,32H,8-9H2,(H,33,34)/t14-/m0/s1. The van der Waals surface area contributed by atoms with E-state index in [0.29, 0.717) is 15.2 Å². The van der Waals surface area contributed by atoms with Gasteiger partial charge in [0.05, 0.1) is 12.2 Å². The fraction of sp³-hybridized carbons (Fsp3) is 0.200. The van der Waals surface area contributed by atoms with Gasteiger partial charge in [0.1, 0.15) is 12.9 Å². The first-order valence-electron chi connectivity index (χ1n) is 9.82. The Balaban J connectivity index is 1.71. The molecule has 3 aromatic heterocycles. The van der Waals surface area contributed by atoms with Gasteiger partial charge in [0.15, 0.2) is 23.4 Å². The summed E-state index contributed by atoms with van der Waals surface area (Å²) in [7, 11) is 0. The Kier molecular flexibility index (Phi) is 6.41. The number of nitrogens with zero attached hydrogens (tertiary/aromatic N) is 7. The molecule has 15 heteroatoms. The number of alkyl halides is 3. The zero-order valence-corrected chi connectivity index (χ0v) is 18.2. The van der Waals surface area contributed by atoms with Crippen molar-refractivity contribution in [2.24, 2.45) is 0 Å². The third-order valence-corrected chi connectivity index (χ3v) is 5.08. The highest BCUT2D eigenvalue weighted by Gasteiger charge is 2.39. The van der Waals surface area contributed by atoms with Crippen molar-refractivity contribution in [2.75, 3.05) is 0 Å². The van der Waals surface area contributed by atoms with E-state index in [1.165, 1.54) is 48.9 Å². The maximum atomic E-state index is 13.0. The van der Waals surface area contributed by atoms with Gasteiger partial charge in [0.25, 0.3) is 0 Å². The predicted molar refractivity (Wildman–Crippen MR) is 114 cm³/mol. The van der Waals surface area contributed by atoms with Gasteiger partial charge >= 0.3 is 17.8 Å². The Morgan fingerprint density at radius 2 is 1.83 bits per heavy atom. The Morgan fingerprint density at radius 3 is 2.49 bits per heavy atom. The monoisotopic (exact) mass is 509 g/mol. The third kappa shape index (κ3) is 5.07. The van der Waals surface area contributed by atoms with E-state index in [1.54, 1.807) is 0 Å². The number of halogens is 4. The molecule has 0 saturated carbocycles. The molecule has 4 rings (SSSR count). The van der Waals surface area contributed by atoms with Crippen LogP contribution in [-0.4, -0.2) is 62.6 Å². The Hall–Kier alpha value is -4.04. The second kappa shape index (κ2) is 9.31. The number of benzene rings is 1. The number of hydrogen-bond donors (Lipinski definition) is 2. The highest BCUT2D eigenvalue weighted by Crippen LogP contribution is 2.24. The molecule has 0 fully saturated rings. The van der Waals surface area contributed by atoms with E-state index in [2.05, 4.69) is 20.2 Å². The maximum Gasteiger partial charge on any atom is 0.416 e. The first-order valence-corrected chi connectivity index (χ1v) is 10.2. The molecular formula is C20H15ClF3N7O4. The molecule has 182 valence electrons. The summed E-state index contributed by atoms with van der Waals surface area (Å²) in [6.45, 7) is -1.43. The van der Waals surface area contributed by atoms with E-state index in [-0.39, 0.29) is 29.6 Å². The SMILES string of the molecule is O=C(O)c1ncccc1-n1cnc(Cn2nc(-c3ccc(Cl)cc3)n(C[C@H](O)C(F)(F)F)c2=O)n1. The average molecular weight is 510 g/mol. The summed E-state index contributed by atoms with van der Waals surface area (Å²) < 4.78 is 41.6. The largest absolute Gasteiger partial charge is 0.476 e. The number of carboxylic acid groups (broad SMARTS) is 1. The van der Waals surface area contributed by atoms with Crippen molar-refractivity contribution in [1.82, 2.24) is 34.1 Å². The van der Waals surface area contributed by atoms with E-state index >= 15 is 0 Å². The van der Waals surface area contributed by atoms with Crippen molar-refractivity contribution < 1.29 is 28.2 Å². The normalized spacial score (nSPS) is 12.6. The second-order valence-electron chi connectivity index (χ2n) is 7.22. The van der Waals surface area contributed by atoms with E-state index in [9.17, 15) is 33.0 Å². The van der Waals surface area contributed by atoms with Gasteiger partial charge in [-0.3, -0.25) is 4.57 Å². The summed E-state index contributed by atoms with van der Waals surface area (Å²) in [4.78, 5) is 32.1. The number of aromatic nitrogens is 7. The summed E-state index contributed by atoms with van der Waals surface area (Å²) in [5.74, 6) is -1.39. The number of rotatable bonds is 7. The number of aliphatic hydroxyl groups excluding tert-OH is 1. The van der Waals surface area contributed by atoms with Crippen molar-refractivity contribution in [2.45, 2.75) is 25.4 Å². The molecule has 35 heavy (non-hydrogen) atoms. The van der Waals surface area contributed by atoms with Gasteiger partial charge in [-0.05, 0) is 36.4 Å². The van der Waals surface area contributed by atoms with Crippen LogP contribution in [0.4, 0.5) is 13.2 Å². The minimum Gasteiger partial charge on any atom is -0.476 e. The summed E-state index contributed by atoms with van der Waals surface area (Å²) in [5, 5.41) is 27.5. The predicted octanol–water partition coefficient (Wildman–Crippen LogP) is 2.01. The lowest BCUT2D eigenvalue weighted by Crippen LogP contribution is -2.37. The summed E-state index contributed by atoms with van der Waals surface area (Å²) in [6, 6.07) is 8.83. The van der Waals surface area contributed by atoms with E-state index in [1.807, 2.05) is 0 Å². The summed E-state index contributed by atoms with van der Waals surface area (Å²) >= 11 is 5.87. The van der Waals surface area contributed by atoms with Crippen molar-refractivity contribution in [3.05, 3.63) is 75.9 Å². The molecule has 0 radical (unpaired) electrons. The van der Waals surface area contributed by atoms with Crippen LogP contribution in [0.5, 0.6) is 0 Å². The van der Waals surface area contributed by atoms with Gasteiger partial charge in [-0.1, -0.05) is 11.6 Å². The van der Waals surface area contributed by atoms with Gasteiger partial charge in [0, 0.05) is 16.8 Å². The number of carbonyl (C=O) groups is 1. The Bertz CT molecular complexity index is 1430. The zero-order valence-electron chi connectivity index (χ0n) is 17.5. The lowest BCUT2D eigenvalue weighted by molar-refractivity contribution is -0.207. The van der Waals surface area contributed by atoms with Crippen LogP contribution in [0.3, 0.4) is 0 Å². The van der Waals surface area contributed by atoms with Crippen LogP contribution < -0.4 is 5.69 Å². The fourth-order valence-electron chi connectivity index (χ4n) is 3.16. The van der Waals surface area contributed by atoms with Crippen LogP contribution in [0, 0.1) is 0 Å². The first kappa shape index (κ1) is 24.1. The molecule has 0 unspecified atom stereocenters. The highest BCUT2D eigenvalue weighted by molar-refractivity contribution is 6.30. The number of pyridine rings is 1. The number of aliphatic hydroxyl groups is 1.